The maximum absolute atomic E-state index is 10.9. The Morgan fingerprint density at radius 1 is 1.47 bits per heavy atom. The molecular formula is C12H14N4O3. The van der Waals surface area contributed by atoms with E-state index in [1.54, 1.807) is 26.1 Å². The van der Waals surface area contributed by atoms with Gasteiger partial charge in [-0.2, -0.15) is 0 Å². The Bertz CT molecular complexity index is 621. The molecule has 0 fully saturated rings. The lowest BCUT2D eigenvalue weighted by Crippen LogP contribution is -2.04. The minimum atomic E-state index is -0.395. The fourth-order valence-corrected chi connectivity index (χ4v) is 1.70. The highest BCUT2D eigenvalue weighted by atomic mass is 16.5. The predicted molar refractivity (Wildman–Crippen MR) is 66.2 cm³/mol. The van der Waals surface area contributed by atoms with E-state index in [4.69, 9.17) is 4.74 Å². The van der Waals surface area contributed by atoms with E-state index in [0.29, 0.717) is 28.5 Å². The summed E-state index contributed by atoms with van der Waals surface area (Å²) >= 11 is 0. The smallest absolute Gasteiger partial charge is 0.308 e. The molecule has 0 aliphatic heterocycles. The van der Waals surface area contributed by atoms with Gasteiger partial charge in [0.2, 0.25) is 0 Å². The van der Waals surface area contributed by atoms with Gasteiger partial charge in [-0.1, -0.05) is 5.21 Å². The van der Waals surface area contributed by atoms with Crippen molar-refractivity contribution < 1.29 is 14.6 Å². The lowest BCUT2D eigenvalue weighted by molar-refractivity contribution is -0.131. The maximum atomic E-state index is 10.9. The number of aromatic nitrogens is 4. The normalized spacial score (nSPS) is 10.5. The zero-order valence-electron chi connectivity index (χ0n) is 10.9. The first kappa shape index (κ1) is 13.2. The first-order chi connectivity index (χ1) is 9.02. The van der Waals surface area contributed by atoms with Crippen LogP contribution in [0.5, 0.6) is 5.75 Å². The summed E-state index contributed by atoms with van der Waals surface area (Å²) in [7, 11) is 1.70. The molecule has 0 aliphatic carbocycles. The molecule has 0 spiro atoms. The summed E-state index contributed by atoms with van der Waals surface area (Å²) in [4.78, 5) is 15.2. The molecule has 2 rings (SSSR count). The van der Waals surface area contributed by atoms with Gasteiger partial charge in [0.1, 0.15) is 5.69 Å². The van der Waals surface area contributed by atoms with Crippen molar-refractivity contribution in [3.8, 4) is 17.1 Å². The number of hydrogen-bond acceptors (Lipinski definition) is 6. The van der Waals surface area contributed by atoms with Crippen molar-refractivity contribution in [1.29, 1.82) is 0 Å². The molecule has 7 nitrogen and oxygen atoms in total. The van der Waals surface area contributed by atoms with Crippen LogP contribution in [0.3, 0.4) is 0 Å². The molecule has 0 aromatic carbocycles. The number of pyridine rings is 1. The van der Waals surface area contributed by atoms with E-state index in [1.807, 2.05) is 0 Å². The molecule has 0 saturated heterocycles. The number of aliphatic hydroxyl groups excluding tert-OH is 1. The van der Waals surface area contributed by atoms with Crippen LogP contribution in [0.2, 0.25) is 0 Å². The Hall–Kier alpha value is -2.28. The Kier molecular flexibility index (Phi) is 3.57. The molecule has 0 aliphatic rings. The van der Waals surface area contributed by atoms with Crippen LogP contribution in [0.4, 0.5) is 0 Å². The zero-order valence-corrected chi connectivity index (χ0v) is 10.9. The molecule has 0 amide bonds. The van der Waals surface area contributed by atoms with Crippen molar-refractivity contribution in [2.24, 2.45) is 7.05 Å². The molecule has 19 heavy (non-hydrogen) atoms. The molecule has 1 N–H and O–H groups in total. The predicted octanol–water partition coefficient (Wildman–Crippen LogP) is 0.603. The summed E-state index contributed by atoms with van der Waals surface area (Å²) in [6, 6.07) is 3.32. The minimum Gasteiger partial charge on any atom is -0.425 e. The molecule has 2 aromatic rings. The molecule has 7 heteroatoms. The Morgan fingerprint density at radius 3 is 2.79 bits per heavy atom. The molecule has 0 saturated carbocycles. The van der Waals surface area contributed by atoms with E-state index < -0.39 is 5.97 Å². The van der Waals surface area contributed by atoms with Crippen LogP contribution in [0.25, 0.3) is 11.4 Å². The summed E-state index contributed by atoms with van der Waals surface area (Å²) in [6.45, 7) is 2.89. The van der Waals surface area contributed by atoms with E-state index in [2.05, 4.69) is 15.3 Å². The largest absolute Gasteiger partial charge is 0.425 e. The highest BCUT2D eigenvalue weighted by Gasteiger charge is 2.14. The quantitative estimate of drug-likeness (QED) is 0.815. The molecule has 0 unspecified atom stereocenters. The number of carbonyl (C=O) groups excluding carboxylic acids is 1. The molecule has 0 bridgehead atoms. The number of aliphatic hydroxyl groups is 1. The van der Waals surface area contributed by atoms with Crippen molar-refractivity contribution in [1.82, 2.24) is 20.0 Å². The van der Waals surface area contributed by atoms with Crippen LogP contribution in [0.15, 0.2) is 12.1 Å². The Balaban J connectivity index is 2.41. The monoisotopic (exact) mass is 262 g/mol. The number of ether oxygens (including phenoxy) is 1. The van der Waals surface area contributed by atoms with Crippen molar-refractivity contribution >= 4 is 5.97 Å². The summed E-state index contributed by atoms with van der Waals surface area (Å²) in [5, 5.41) is 17.1. The minimum absolute atomic E-state index is 0.175. The van der Waals surface area contributed by atoms with E-state index in [-0.39, 0.29) is 6.61 Å². The van der Waals surface area contributed by atoms with Gasteiger partial charge in [-0.05, 0) is 19.1 Å². The first-order valence-electron chi connectivity index (χ1n) is 5.68. The number of rotatable bonds is 3. The SMILES string of the molecule is CC(=O)Oc1ccc(-c2nnn(C)c2CO)nc1C. The van der Waals surface area contributed by atoms with Gasteiger partial charge in [-0.3, -0.25) is 4.79 Å². The van der Waals surface area contributed by atoms with Gasteiger partial charge in [0.05, 0.1) is 23.7 Å². The van der Waals surface area contributed by atoms with E-state index in [9.17, 15) is 9.90 Å². The van der Waals surface area contributed by atoms with Crippen LogP contribution in [0.1, 0.15) is 18.3 Å². The van der Waals surface area contributed by atoms with E-state index in [1.165, 1.54) is 11.6 Å². The average Bonchev–Trinajstić information content (AvgIpc) is 2.72. The Morgan fingerprint density at radius 2 is 2.21 bits per heavy atom. The van der Waals surface area contributed by atoms with E-state index >= 15 is 0 Å². The molecule has 0 radical (unpaired) electrons. The van der Waals surface area contributed by atoms with Gasteiger partial charge in [0, 0.05) is 14.0 Å². The lowest BCUT2D eigenvalue weighted by atomic mass is 10.2. The van der Waals surface area contributed by atoms with Crippen LogP contribution in [0, 0.1) is 6.92 Å². The highest BCUT2D eigenvalue weighted by Crippen LogP contribution is 2.23. The van der Waals surface area contributed by atoms with Gasteiger partial charge in [0.25, 0.3) is 0 Å². The summed E-state index contributed by atoms with van der Waals surface area (Å²) < 4.78 is 6.50. The third kappa shape index (κ3) is 2.60. The van der Waals surface area contributed by atoms with Crippen LogP contribution < -0.4 is 4.74 Å². The van der Waals surface area contributed by atoms with Crippen molar-refractivity contribution in [2.45, 2.75) is 20.5 Å². The standard InChI is InChI=1S/C12H14N4O3/c1-7-11(19-8(2)18)5-4-9(13-7)12-10(6-17)16(3)15-14-12/h4-5,17H,6H2,1-3H3. The second-order valence-electron chi connectivity index (χ2n) is 4.04. The lowest BCUT2D eigenvalue weighted by Gasteiger charge is -2.06. The first-order valence-corrected chi connectivity index (χ1v) is 5.68. The highest BCUT2D eigenvalue weighted by molar-refractivity contribution is 5.70. The van der Waals surface area contributed by atoms with Gasteiger partial charge in [-0.25, -0.2) is 9.67 Å². The number of nitrogens with zero attached hydrogens (tertiary/aromatic N) is 4. The summed E-state index contributed by atoms with van der Waals surface area (Å²) in [5.41, 5.74) is 2.24. The number of carbonyl (C=O) groups is 1. The average molecular weight is 262 g/mol. The third-order valence-corrected chi connectivity index (χ3v) is 2.63. The Labute approximate surface area is 109 Å². The molecule has 100 valence electrons. The van der Waals surface area contributed by atoms with Crippen LogP contribution in [-0.2, 0) is 18.4 Å². The summed E-state index contributed by atoms with van der Waals surface area (Å²) in [6.07, 6.45) is 0. The topological polar surface area (TPSA) is 90.1 Å². The maximum Gasteiger partial charge on any atom is 0.308 e. The van der Waals surface area contributed by atoms with Gasteiger partial charge < -0.3 is 9.84 Å². The number of aryl methyl sites for hydroxylation is 2. The fraction of sp³-hybridized carbons (Fsp3) is 0.333. The van der Waals surface area contributed by atoms with Crippen molar-refractivity contribution in [2.75, 3.05) is 0 Å². The molecule has 0 atom stereocenters. The molecular weight excluding hydrogens is 248 g/mol. The molecule has 2 aromatic heterocycles. The van der Waals surface area contributed by atoms with Gasteiger partial charge in [-0.15, -0.1) is 5.10 Å². The van der Waals surface area contributed by atoms with Gasteiger partial charge >= 0.3 is 5.97 Å². The summed E-state index contributed by atoms with van der Waals surface area (Å²) in [5.74, 6) is 0.0129. The van der Waals surface area contributed by atoms with Gasteiger partial charge in [0.15, 0.2) is 5.75 Å². The fourth-order valence-electron chi connectivity index (χ4n) is 1.70. The molecule has 2 heterocycles. The third-order valence-electron chi connectivity index (χ3n) is 2.63. The van der Waals surface area contributed by atoms with Crippen molar-refractivity contribution in [3.63, 3.8) is 0 Å². The second-order valence-corrected chi connectivity index (χ2v) is 4.04. The zero-order chi connectivity index (χ0) is 14.0. The van der Waals surface area contributed by atoms with Crippen LogP contribution in [-0.4, -0.2) is 31.1 Å². The second kappa shape index (κ2) is 5.15. The van der Waals surface area contributed by atoms with Crippen molar-refractivity contribution in [3.05, 3.63) is 23.5 Å². The van der Waals surface area contributed by atoms with Crippen LogP contribution >= 0.6 is 0 Å². The van der Waals surface area contributed by atoms with E-state index in [0.717, 1.165) is 0 Å². The number of esters is 1. The number of hydrogen-bond donors (Lipinski definition) is 1.